The lowest BCUT2D eigenvalue weighted by molar-refractivity contribution is -0.115. The number of nitrogens with two attached hydrogens (primary N) is 1. The van der Waals surface area contributed by atoms with Crippen LogP contribution in [-0.4, -0.2) is 26.8 Å². The molecule has 3 rings (SSSR count). The van der Waals surface area contributed by atoms with Crippen LogP contribution in [0.25, 0.3) is 10.2 Å². The van der Waals surface area contributed by atoms with Gasteiger partial charge in [-0.1, -0.05) is 35.2 Å². The largest absolute Gasteiger partial charge is 0.369 e. The van der Waals surface area contributed by atoms with Crippen molar-refractivity contribution in [1.29, 1.82) is 0 Å². The number of fused-ring (bicyclic) bond motifs is 1. The molecule has 102 valence electrons. The molecule has 5 nitrogen and oxygen atoms in total. The van der Waals surface area contributed by atoms with Crippen LogP contribution in [0.4, 0.5) is 0 Å². The molecule has 1 aromatic carbocycles. The molecule has 1 amide bonds. The first-order valence-electron chi connectivity index (χ1n) is 5.49. The van der Waals surface area contributed by atoms with Gasteiger partial charge in [0.2, 0.25) is 5.91 Å². The van der Waals surface area contributed by atoms with E-state index in [-0.39, 0.29) is 11.7 Å². The summed E-state index contributed by atoms with van der Waals surface area (Å²) in [5, 5.41) is 8.10. The molecule has 0 fully saturated rings. The molecule has 0 aliphatic carbocycles. The van der Waals surface area contributed by atoms with Crippen molar-refractivity contribution in [3.63, 3.8) is 0 Å². The van der Waals surface area contributed by atoms with Crippen molar-refractivity contribution in [3.8, 4) is 0 Å². The highest BCUT2D eigenvalue weighted by molar-refractivity contribution is 8.04. The second-order valence-corrected chi connectivity index (χ2v) is 8.36. The van der Waals surface area contributed by atoms with Crippen LogP contribution in [0.3, 0.4) is 0 Å². The molecular weight excluding hydrogens is 332 g/mol. The van der Waals surface area contributed by atoms with Gasteiger partial charge in [0.1, 0.15) is 0 Å². The van der Waals surface area contributed by atoms with Gasteiger partial charge in [0, 0.05) is 0 Å². The summed E-state index contributed by atoms with van der Waals surface area (Å²) >= 11 is 5.87. The third kappa shape index (κ3) is 3.29. The third-order valence-corrected chi connectivity index (χ3v) is 6.40. The molecule has 3 aromatic rings. The van der Waals surface area contributed by atoms with Gasteiger partial charge in [0.25, 0.3) is 0 Å². The Morgan fingerprint density at radius 2 is 1.95 bits per heavy atom. The Balaban J connectivity index is 1.72. The Kier molecular flexibility index (Phi) is 4.20. The summed E-state index contributed by atoms with van der Waals surface area (Å²) in [4.78, 5) is 15.2. The van der Waals surface area contributed by atoms with E-state index in [2.05, 4.69) is 15.2 Å². The van der Waals surface area contributed by atoms with Crippen LogP contribution in [0.5, 0.6) is 0 Å². The Morgan fingerprint density at radius 3 is 2.75 bits per heavy atom. The normalized spacial score (nSPS) is 11.0. The summed E-state index contributed by atoms with van der Waals surface area (Å²) in [6, 6.07) is 8.01. The number of nitrogens with zero attached hydrogens (tertiary/aromatic N) is 3. The summed E-state index contributed by atoms with van der Waals surface area (Å²) in [6.45, 7) is 0. The average molecular weight is 340 g/mol. The van der Waals surface area contributed by atoms with Crippen LogP contribution in [0.15, 0.2) is 37.3 Å². The zero-order valence-corrected chi connectivity index (χ0v) is 13.2. The van der Waals surface area contributed by atoms with E-state index in [0.717, 1.165) is 23.2 Å². The van der Waals surface area contributed by atoms with Gasteiger partial charge in [-0.05, 0) is 23.9 Å². The Bertz CT molecular complexity index is 721. The summed E-state index contributed by atoms with van der Waals surface area (Å²) in [5.41, 5.74) is 6.09. The lowest BCUT2D eigenvalue weighted by atomic mass is 10.3. The third-order valence-electron chi connectivity index (χ3n) is 2.17. The van der Waals surface area contributed by atoms with Gasteiger partial charge >= 0.3 is 0 Å². The fourth-order valence-electron chi connectivity index (χ4n) is 1.40. The number of hydrogen-bond donors (Lipinski definition) is 1. The molecule has 2 N–H and O–H groups in total. The summed E-state index contributed by atoms with van der Waals surface area (Å²) < 4.78 is 3.65. The fourth-order valence-corrected chi connectivity index (χ4v) is 5.43. The number of amides is 1. The van der Waals surface area contributed by atoms with E-state index in [9.17, 15) is 4.79 Å². The van der Waals surface area contributed by atoms with E-state index >= 15 is 0 Å². The lowest BCUT2D eigenvalue weighted by Gasteiger charge is -1.89. The van der Waals surface area contributed by atoms with E-state index in [1.165, 1.54) is 34.9 Å². The summed E-state index contributed by atoms with van der Waals surface area (Å²) in [7, 11) is 0. The van der Waals surface area contributed by atoms with Crippen molar-refractivity contribution in [2.75, 3.05) is 5.75 Å². The molecule has 2 aromatic heterocycles. The number of primary amides is 1. The summed E-state index contributed by atoms with van der Waals surface area (Å²) in [6.07, 6.45) is 0. The van der Waals surface area contributed by atoms with Gasteiger partial charge in [-0.3, -0.25) is 4.79 Å². The molecule has 2 heterocycles. The molecule has 0 aliphatic rings. The standard InChI is InChI=1S/C11H8N4OS4/c12-8(16)5-17-10-14-15-11(20-10)19-9-13-6-3-1-2-4-7(6)18-9/h1-4H,5H2,(H2,12,16). The highest BCUT2D eigenvalue weighted by atomic mass is 32.2. The van der Waals surface area contributed by atoms with Gasteiger partial charge in [-0.25, -0.2) is 4.98 Å². The average Bonchev–Trinajstić information content (AvgIpc) is 3.02. The number of benzene rings is 1. The van der Waals surface area contributed by atoms with E-state index < -0.39 is 0 Å². The number of hydrogen-bond acceptors (Lipinski definition) is 8. The zero-order valence-electron chi connectivity index (χ0n) is 9.98. The minimum absolute atomic E-state index is 0.223. The number of carbonyl (C=O) groups is 1. The molecule has 20 heavy (non-hydrogen) atoms. The van der Waals surface area contributed by atoms with Crippen LogP contribution in [0.1, 0.15) is 0 Å². The molecular formula is C11H8N4OS4. The first-order valence-corrected chi connectivity index (χ1v) is 8.92. The second-order valence-electron chi connectivity index (χ2n) is 3.64. The van der Waals surface area contributed by atoms with Crippen LogP contribution in [0.2, 0.25) is 0 Å². The zero-order chi connectivity index (χ0) is 13.9. The first-order chi connectivity index (χ1) is 9.70. The quantitative estimate of drug-likeness (QED) is 0.719. The van der Waals surface area contributed by atoms with Crippen LogP contribution in [0, 0.1) is 0 Å². The van der Waals surface area contributed by atoms with Crippen molar-refractivity contribution < 1.29 is 4.79 Å². The number of thiazole rings is 1. The Morgan fingerprint density at radius 1 is 1.15 bits per heavy atom. The monoisotopic (exact) mass is 340 g/mol. The molecule has 0 spiro atoms. The van der Waals surface area contributed by atoms with E-state index in [1.807, 2.05) is 24.3 Å². The lowest BCUT2D eigenvalue weighted by Crippen LogP contribution is -2.12. The van der Waals surface area contributed by atoms with E-state index in [4.69, 9.17) is 5.73 Å². The van der Waals surface area contributed by atoms with Crippen molar-refractivity contribution in [3.05, 3.63) is 24.3 Å². The number of thioether (sulfide) groups is 1. The van der Waals surface area contributed by atoms with E-state index in [0.29, 0.717) is 0 Å². The Labute approximate surface area is 131 Å². The number of rotatable bonds is 5. The van der Waals surface area contributed by atoms with Crippen molar-refractivity contribution in [2.24, 2.45) is 5.73 Å². The predicted molar refractivity (Wildman–Crippen MR) is 83.6 cm³/mol. The minimum atomic E-state index is -0.356. The summed E-state index contributed by atoms with van der Waals surface area (Å²) in [5.74, 6) is -0.133. The number of carbonyl (C=O) groups excluding carboxylic acids is 1. The molecule has 0 unspecified atom stereocenters. The molecule has 0 bridgehead atoms. The van der Waals surface area contributed by atoms with Crippen LogP contribution < -0.4 is 5.73 Å². The highest BCUT2D eigenvalue weighted by Gasteiger charge is 2.10. The Hall–Kier alpha value is -1.16. The maximum atomic E-state index is 10.7. The van der Waals surface area contributed by atoms with Gasteiger partial charge in [-0.15, -0.1) is 21.5 Å². The first kappa shape index (κ1) is 13.8. The maximum Gasteiger partial charge on any atom is 0.227 e. The van der Waals surface area contributed by atoms with Crippen LogP contribution >= 0.6 is 46.2 Å². The molecule has 0 saturated heterocycles. The van der Waals surface area contributed by atoms with E-state index in [1.54, 1.807) is 11.3 Å². The van der Waals surface area contributed by atoms with Gasteiger partial charge < -0.3 is 5.73 Å². The number of para-hydroxylation sites is 1. The fraction of sp³-hybridized carbons (Fsp3) is 0.0909. The highest BCUT2D eigenvalue weighted by Crippen LogP contribution is 2.37. The predicted octanol–water partition coefficient (Wildman–Crippen LogP) is 2.88. The second kappa shape index (κ2) is 6.08. The number of aromatic nitrogens is 3. The van der Waals surface area contributed by atoms with Gasteiger partial charge in [0.15, 0.2) is 13.0 Å². The van der Waals surface area contributed by atoms with Crippen LogP contribution in [-0.2, 0) is 4.79 Å². The van der Waals surface area contributed by atoms with Gasteiger partial charge in [-0.2, -0.15) is 0 Å². The minimum Gasteiger partial charge on any atom is -0.369 e. The molecule has 9 heteroatoms. The molecule has 0 radical (unpaired) electrons. The topological polar surface area (TPSA) is 81.8 Å². The van der Waals surface area contributed by atoms with Crippen molar-refractivity contribution in [1.82, 2.24) is 15.2 Å². The van der Waals surface area contributed by atoms with Crippen molar-refractivity contribution in [2.45, 2.75) is 13.0 Å². The maximum absolute atomic E-state index is 10.7. The van der Waals surface area contributed by atoms with Gasteiger partial charge in [0.05, 0.1) is 16.0 Å². The SMILES string of the molecule is NC(=O)CSc1nnc(Sc2nc3ccccc3s2)s1. The smallest absolute Gasteiger partial charge is 0.227 e. The molecule has 0 saturated carbocycles. The molecule has 0 atom stereocenters. The molecule has 0 aliphatic heterocycles. The van der Waals surface area contributed by atoms with Crippen molar-refractivity contribution >= 4 is 62.3 Å².